The van der Waals surface area contributed by atoms with Gasteiger partial charge in [-0.15, -0.1) is 0 Å². The van der Waals surface area contributed by atoms with Crippen LogP contribution >= 0.6 is 11.3 Å². The van der Waals surface area contributed by atoms with Crippen molar-refractivity contribution in [3.63, 3.8) is 0 Å². The summed E-state index contributed by atoms with van der Waals surface area (Å²) in [5.41, 5.74) is 3.64. The van der Waals surface area contributed by atoms with Gasteiger partial charge in [-0.3, -0.25) is 10.1 Å². The van der Waals surface area contributed by atoms with Crippen LogP contribution in [0.25, 0.3) is 10.2 Å². The molecule has 1 heterocycles. The number of nitrogens with zero attached hydrogens (tertiary/aromatic N) is 1. The van der Waals surface area contributed by atoms with Crippen molar-refractivity contribution < 1.29 is 19.0 Å². The zero-order valence-electron chi connectivity index (χ0n) is 17.4. The van der Waals surface area contributed by atoms with Gasteiger partial charge in [0, 0.05) is 5.56 Å². The van der Waals surface area contributed by atoms with Gasteiger partial charge in [-0.1, -0.05) is 17.4 Å². The van der Waals surface area contributed by atoms with Gasteiger partial charge in [-0.2, -0.15) is 0 Å². The molecule has 3 rings (SSSR count). The molecule has 154 valence electrons. The molecule has 0 radical (unpaired) electrons. The van der Waals surface area contributed by atoms with E-state index in [-0.39, 0.29) is 5.91 Å². The molecule has 0 aliphatic heterocycles. The molecule has 0 fully saturated rings. The molecule has 0 atom stereocenters. The van der Waals surface area contributed by atoms with Crippen molar-refractivity contribution in [1.82, 2.24) is 4.98 Å². The summed E-state index contributed by atoms with van der Waals surface area (Å²) in [6.07, 6.45) is 0. The average molecular weight is 415 g/mol. The zero-order valence-corrected chi connectivity index (χ0v) is 18.2. The fraction of sp³-hybridized carbons (Fsp3) is 0.364. The highest BCUT2D eigenvalue weighted by Crippen LogP contribution is 2.39. The minimum Gasteiger partial charge on any atom is -0.490 e. The van der Waals surface area contributed by atoms with Crippen LogP contribution in [0, 0.1) is 13.8 Å². The molecule has 7 heteroatoms. The van der Waals surface area contributed by atoms with Gasteiger partial charge >= 0.3 is 0 Å². The van der Waals surface area contributed by atoms with Gasteiger partial charge in [-0.25, -0.2) is 4.98 Å². The third-order valence-corrected chi connectivity index (χ3v) is 5.41. The molecular weight excluding hydrogens is 388 g/mol. The second-order valence-electron chi connectivity index (χ2n) is 6.43. The van der Waals surface area contributed by atoms with E-state index in [4.69, 9.17) is 14.2 Å². The van der Waals surface area contributed by atoms with Crippen molar-refractivity contribution in [2.45, 2.75) is 34.6 Å². The molecule has 1 amide bonds. The van der Waals surface area contributed by atoms with E-state index >= 15 is 0 Å². The van der Waals surface area contributed by atoms with E-state index in [9.17, 15) is 4.79 Å². The fourth-order valence-electron chi connectivity index (χ4n) is 2.97. The maximum atomic E-state index is 12.9. The van der Waals surface area contributed by atoms with Crippen LogP contribution < -0.4 is 19.5 Å². The lowest BCUT2D eigenvalue weighted by Gasteiger charge is -2.16. The van der Waals surface area contributed by atoms with Crippen molar-refractivity contribution in [3.8, 4) is 17.2 Å². The molecule has 0 aliphatic carbocycles. The van der Waals surface area contributed by atoms with Crippen LogP contribution in [0.2, 0.25) is 0 Å². The SMILES string of the molecule is CCOc1cc(C(=O)Nc2nc3c(C)c(C)ccc3s2)cc(OCC)c1OCC. The van der Waals surface area contributed by atoms with Gasteiger partial charge in [-0.05, 0) is 63.9 Å². The van der Waals surface area contributed by atoms with Crippen molar-refractivity contribution >= 4 is 32.6 Å². The number of ether oxygens (including phenoxy) is 3. The Bertz CT molecular complexity index is 1000. The second-order valence-corrected chi connectivity index (χ2v) is 7.46. The number of hydrogen-bond acceptors (Lipinski definition) is 6. The van der Waals surface area contributed by atoms with E-state index in [1.165, 1.54) is 16.9 Å². The largest absolute Gasteiger partial charge is 0.490 e. The number of aryl methyl sites for hydroxylation is 2. The molecule has 3 aromatic rings. The summed E-state index contributed by atoms with van der Waals surface area (Å²) in [6, 6.07) is 7.45. The molecular formula is C22H26N2O4S. The van der Waals surface area contributed by atoms with Gasteiger partial charge in [0.25, 0.3) is 5.91 Å². The van der Waals surface area contributed by atoms with Gasteiger partial charge in [0.05, 0.1) is 30.0 Å². The van der Waals surface area contributed by atoms with Crippen LogP contribution in [-0.2, 0) is 0 Å². The standard InChI is InChI=1S/C22H26N2O4S/c1-6-26-16-11-15(12-17(27-7-2)20(16)28-8-3)21(25)24-22-23-19-14(5)13(4)9-10-18(19)29-22/h9-12H,6-8H2,1-5H3,(H,23,24,25). The minimum atomic E-state index is -0.275. The first-order chi connectivity index (χ1) is 14.0. The molecule has 0 bridgehead atoms. The minimum absolute atomic E-state index is 0.275. The van der Waals surface area contributed by atoms with E-state index in [0.717, 1.165) is 15.8 Å². The Morgan fingerprint density at radius 1 is 1.00 bits per heavy atom. The van der Waals surface area contributed by atoms with Gasteiger partial charge in [0.2, 0.25) is 5.75 Å². The fourth-order valence-corrected chi connectivity index (χ4v) is 3.89. The van der Waals surface area contributed by atoms with Gasteiger partial charge < -0.3 is 14.2 Å². The normalized spacial score (nSPS) is 10.8. The second kappa shape index (κ2) is 9.13. The lowest BCUT2D eigenvalue weighted by atomic mass is 10.1. The molecule has 2 aromatic carbocycles. The molecule has 0 saturated heterocycles. The first-order valence-electron chi connectivity index (χ1n) is 9.72. The third-order valence-electron chi connectivity index (χ3n) is 4.48. The highest BCUT2D eigenvalue weighted by Gasteiger charge is 2.19. The van der Waals surface area contributed by atoms with Gasteiger partial charge in [0.1, 0.15) is 0 Å². The van der Waals surface area contributed by atoms with Crippen molar-refractivity contribution in [2.24, 2.45) is 0 Å². The predicted octanol–water partition coefficient (Wildman–Crippen LogP) is 5.36. The summed E-state index contributed by atoms with van der Waals surface area (Å²) in [6.45, 7) is 11.1. The first kappa shape index (κ1) is 20.9. The summed E-state index contributed by atoms with van der Waals surface area (Å²) >= 11 is 1.45. The number of hydrogen-bond donors (Lipinski definition) is 1. The Morgan fingerprint density at radius 2 is 1.62 bits per heavy atom. The monoisotopic (exact) mass is 414 g/mol. The van der Waals surface area contributed by atoms with E-state index in [1.54, 1.807) is 12.1 Å². The first-order valence-corrected chi connectivity index (χ1v) is 10.5. The predicted molar refractivity (Wildman–Crippen MR) is 117 cm³/mol. The summed E-state index contributed by atoms with van der Waals surface area (Å²) in [7, 11) is 0. The molecule has 0 saturated carbocycles. The maximum absolute atomic E-state index is 12.9. The Kier molecular flexibility index (Phi) is 6.59. The maximum Gasteiger partial charge on any atom is 0.257 e. The van der Waals surface area contributed by atoms with Crippen LogP contribution in [0.1, 0.15) is 42.3 Å². The smallest absolute Gasteiger partial charge is 0.257 e. The zero-order chi connectivity index (χ0) is 21.0. The number of nitrogens with one attached hydrogen (secondary N) is 1. The molecule has 6 nitrogen and oxygen atoms in total. The summed E-state index contributed by atoms with van der Waals surface area (Å²) in [4.78, 5) is 17.5. The molecule has 1 aromatic heterocycles. The highest BCUT2D eigenvalue weighted by molar-refractivity contribution is 7.22. The van der Waals surface area contributed by atoms with E-state index < -0.39 is 0 Å². The van der Waals surface area contributed by atoms with Crippen LogP contribution in [0.3, 0.4) is 0 Å². The summed E-state index contributed by atoms with van der Waals surface area (Å²) in [5, 5.41) is 3.46. The van der Waals surface area contributed by atoms with Crippen LogP contribution in [0.4, 0.5) is 5.13 Å². The molecule has 0 unspecified atom stereocenters. The third kappa shape index (κ3) is 4.45. The Morgan fingerprint density at radius 3 is 2.21 bits per heavy atom. The highest BCUT2D eigenvalue weighted by atomic mass is 32.1. The van der Waals surface area contributed by atoms with E-state index in [0.29, 0.717) is 47.8 Å². The number of thiazole rings is 1. The number of rotatable bonds is 8. The Balaban J connectivity index is 1.94. The summed E-state index contributed by atoms with van der Waals surface area (Å²) < 4.78 is 18.1. The number of benzene rings is 2. The van der Waals surface area contributed by atoms with E-state index in [2.05, 4.69) is 23.3 Å². The number of carbonyl (C=O) groups excluding carboxylic acids is 1. The number of aromatic nitrogens is 1. The average Bonchev–Trinajstić information content (AvgIpc) is 3.10. The van der Waals surface area contributed by atoms with Crippen LogP contribution in [0.15, 0.2) is 24.3 Å². The number of amides is 1. The van der Waals surface area contributed by atoms with Crippen molar-refractivity contribution in [3.05, 3.63) is 41.0 Å². The Hall–Kier alpha value is -2.80. The van der Waals surface area contributed by atoms with Crippen molar-refractivity contribution in [1.29, 1.82) is 0 Å². The molecule has 0 spiro atoms. The molecule has 1 N–H and O–H groups in total. The van der Waals surface area contributed by atoms with E-state index in [1.807, 2.05) is 33.8 Å². The van der Waals surface area contributed by atoms with Crippen LogP contribution in [-0.4, -0.2) is 30.7 Å². The topological polar surface area (TPSA) is 69.7 Å². The number of fused-ring (bicyclic) bond motifs is 1. The van der Waals surface area contributed by atoms with Crippen LogP contribution in [0.5, 0.6) is 17.2 Å². The summed E-state index contributed by atoms with van der Waals surface area (Å²) in [5.74, 6) is 1.21. The molecule has 0 aliphatic rings. The van der Waals surface area contributed by atoms with Gasteiger partial charge in [0.15, 0.2) is 16.6 Å². The van der Waals surface area contributed by atoms with Crippen molar-refractivity contribution in [2.75, 3.05) is 25.1 Å². The Labute approximate surface area is 174 Å². The number of carbonyl (C=O) groups is 1. The molecule has 29 heavy (non-hydrogen) atoms. The quantitative estimate of drug-likeness (QED) is 0.537. The lowest BCUT2D eigenvalue weighted by Crippen LogP contribution is -2.13. The lowest BCUT2D eigenvalue weighted by molar-refractivity contribution is 0.102. The number of anilines is 1.